The molecule has 0 saturated carbocycles. The molecule has 1 unspecified atom stereocenters. The van der Waals surface area contributed by atoms with Crippen LogP contribution in [0.5, 0.6) is 0 Å². The summed E-state index contributed by atoms with van der Waals surface area (Å²) in [6, 6.07) is 9.30. The molecule has 1 aliphatic rings. The lowest BCUT2D eigenvalue weighted by molar-refractivity contribution is -0.156. The maximum atomic E-state index is 12.6. The van der Waals surface area contributed by atoms with Crippen molar-refractivity contribution in [3.8, 4) is 0 Å². The van der Waals surface area contributed by atoms with E-state index < -0.39 is 29.3 Å². The van der Waals surface area contributed by atoms with E-state index >= 15 is 0 Å². The molecule has 1 aliphatic heterocycles. The highest BCUT2D eigenvalue weighted by Gasteiger charge is 2.52. The van der Waals surface area contributed by atoms with Crippen molar-refractivity contribution in [2.24, 2.45) is 0 Å². The van der Waals surface area contributed by atoms with Gasteiger partial charge in [-0.05, 0) is 33.3 Å². The smallest absolute Gasteiger partial charge is 0.411 e. The maximum Gasteiger partial charge on any atom is 0.411 e. The topological polar surface area (TPSA) is 76.1 Å². The number of aliphatic hydroxyl groups is 1. The van der Waals surface area contributed by atoms with Crippen LogP contribution < -0.4 is 0 Å². The van der Waals surface area contributed by atoms with Crippen molar-refractivity contribution in [1.82, 2.24) is 4.90 Å². The van der Waals surface area contributed by atoms with Gasteiger partial charge in [0.05, 0.1) is 12.6 Å². The first-order valence-corrected chi connectivity index (χ1v) is 8.02. The maximum absolute atomic E-state index is 12.6. The van der Waals surface area contributed by atoms with Gasteiger partial charge in [0, 0.05) is 6.42 Å². The molecule has 0 aliphatic carbocycles. The van der Waals surface area contributed by atoms with Crippen LogP contribution in [0.2, 0.25) is 0 Å². The molecule has 1 amide bonds. The number of likely N-dealkylation sites (tertiary alicyclic amines) is 1. The molecular formula is C18H25NO5. The van der Waals surface area contributed by atoms with E-state index in [2.05, 4.69) is 0 Å². The van der Waals surface area contributed by atoms with E-state index in [9.17, 15) is 14.7 Å². The monoisotopic (exact) mass is 335 g/mol. The first kappa shape index (κ1) is 18.3. The molecule has 1 N–H and O–H groups in total. The summed E-state index contributed by atoms with van der Waals surface area (Å²) in [6.07, 6.45) is -1.29. The van der Waals surface area contributed by atoms with Gasteiger partial charge in [0.1, 0.15) is 17.7 Å². The number of nitrogens with zero attached hydrogens (tertiary/aromatic N) is 1. The number of β-amino-alcohol motifs (C(OH)–C–C–N with tert-alkyl or cyclic N) is 1. The first-order valence-electron chi connectivity index (χ1n) is 8.02. The van der Waals surface area contributed by atoms with E-state index in [1.54, 1.807) is 27.7 Å². The van der Waals surface area contributed by atoms with E-state index in [0.29, 0.717) is 0 Å². The predicted molar refractivity (Wildman–Crippen MR) is 88.2 cm³/mol. The summed E-state index contributed by atoms with van der Waals surface area (Å²) >= 11 is 0. The summed E-state index contributed by atoms with van der Waals surface area (Å²) in [5, 5.41) is 9.96. The Bertz CT molecular complexity index is 595. The van der Waals surface area contributed by atoms with Gasteiger partial charge in [0.15, 0.2) is 0 Å². The summed E-state index contributed by atoms with van der Waals surface area (Å²) in [7, 11) is 0. The van der Waals surface area contributed by atoms with Crippen LogP contribution in [0, 0.1) is 0 Å². The average Bonchev–Trinajstić information content (AvgIpc) is 2.80. The minimum Gasteiger partial charge on any atom is -0.459 e. The molecule has 1 fully saturated rings. The Kier molecular flexibility index (Phi) is 5.18. The van der Waals surface area contributed by atoms with Crippen LogP contribution in [0.15, 0.2) is 30.3 Å². The minimum absolute atomic E-state index is 0.0475. The summed E-state index contributed by atoms with van der Waals surface area (Å²) in [5.74, 6) is -0.547. The molecule has 1 aromatic rings. The van der Waals surface area contributed by atoms with Crippen molar-refractivity contribution in [2.45, 2.75) is 58.0 Å². The van der Waals surface area contributed by atoms with Crippen molar-refractivity contribution in [3.05, 3.63) is 35.9 Å². The van der Waals surface area contributed by atoms with Gasteiger partial charge in [0.25, 0.3) is 0 Å². The van der Waals surface area contributed by atoms with Gasteiger partial charge in [0.2, 0.25) is 0 Å². The highest BCUT2D eigenvalue weighted by Crippen LogP contribution is 2.32. The third-order valence-electron chi connectivity index (χ3n) is 3.89. The molecule has 1 aromatic carbocycles. The predicted octanol–water partition coefficient (Wildman–Crippen LogP) is 2.49. The number of benzene rings is 1. The number of esters is 1. The summed E-state index contributed by atoms with van der Waals surface area (Å²) in [6.45, 7) is 7.02. The molecular weight excluding hydrogens is 310 g/mol. The van der Waals surface area contributed by atoms with E-state index in [-0.39, 0.29) is 19.6 Å². The Morgan fingerprint density at radius 3 is 2.50 bits per heavy atom. The fraction of sp³-hybridized carbons (Fsp3) is 0.556. The molecule has 6 nitrogen and oxygen atoms in total. The molecule has 0 aromatic heterocycles. The molecule has 2 atom stereocenters. The highest BCUT2D eigenvalue weighted by atomic mass is 16.6. The molecule has 0 spiro atoms. The fourth-order valence-corrected chi connectivity index (χ4v) is 2.71. The third kappa shape index (κ3) is 4.26. The SMILES string of the molecule is CC(C)(C)OC(=O)N1C[C@@H](O)CC1(C)C(=O)OCc1ccccc1. The van der Waals surface area contributed by atoms with Crippen molar-refractivity contribution in [3.63, 3.8) is 0 Å². The second kappa shape index (κ2) is 6.81. The Balaban J connectivity index is 2.09. The molecule has 1 saturated heterocycles. The molecule has 0 bridgehead atoms. The summed E-state index contributed by atoms with van der Waals surface area (Å²) in [5.41, 5.74) is -1.06. The first-order chi connectivity index (χ1) is 11.1. The van der Waals surface area contributed by atoms with Gasteiger partial charge >= 0.3 is 12.1 Å². The van der Waals surface area contributed by atoms with Crippen LogP contribution in [0.4, 0.5) is 4.79 Å². The Labute approximate surface area is 142 Å². The normalized spacial score (nSPS) is 23.9. The number of hydrogen-bond acceptors (Lipinski definition) is 5. The van der Waals surface area contributed by atoms with Crippen molar-refractivity contribution in [2.75, 3.05) is 6.54 Å². The quantitative estimate of drug-likeness (QED) is 0.859. The largest absolute Gasteiger partial charge is 0.459 e. The van der Waals surface area contributed by atoms with Crippen molar-refractivity contribution in [1.29, 1.82) is 0 Å². The average molecular weight is 335 g/mol. The third-order valence-corrected chi connectivity index (χ3v) is 3.89. The zero-order chi connectivity index (χ0) is 18.0. The Morgan fingerprint density at radius 1 is 1.29 bits per heavy atom. The second-order valence-electron chi connectivity index (χ2n) is 7.28. The Hall–Kier alpha value is -2.08. The zero-order valence-electron chi connectivity index (χ0n) is 14.6. The van der Waals surface area contributed by atoms with Crippen molar-refractivity contribution >= 4 is 12.1 Å². The number of carbonyl (C=O) groups excluding carboxylic acids is 2. The summed E-state index contributed by atoms with van der Waals surface area (Å²) < 4.78 is 10.7. The van der Waals surface area contributed by atoms with Crippen LogP contribution in [-0.2, 0) is 20.9 Å². The zero-order valence-corrected chi connectivity index (χ0v) is 14.6. The number of rotatable bonds is 3. The fourth-order valence-electron chi connectivity index (χ4n) is 2.71. The van der Waals surface area contributed by atoms with E-state index in [1.807, 2.05) is 30.3 Å². The van der Waals surface area contributed by atoms with Gasteiger partial charge in [-0.25, -0.2) is 9.59 Å². The molecule has 0 radical (unpaired) electrons. The van der Waals surface area contributed by atoms with Gasteiger partial charge in [-0.2, -0.15) is 0 Å². The van der Waals surface area contributed by atoms with Gasteiger partial charge in [-0.15, -0.1) is 0 Å². The number of ether oxygens (including phenoxy) is 2. The van der Waals surface area contributed by atoms with Gasteiger partial charge in [-0.3, -0.25) is 4.90 Å². The van der Waals surface area contributed by atoms with Crippen LogP contribution in [0.3, 0.4) is 0 Å². The van der Waals surface area contributed by atoms with Gasteiger partial charge in [-0.1, -0.05) is 30.3 Å². The van der Waals surface area contributed by atoms with Crippen LogP contribution in [-0.4, -0.2) is 45.9 Å². The van der Waals surface area contributed by atoms with E-state index in [4.69, 9.17) is 9.47 Å². The molecule has 132 valence electrons. The Morgan fingerprint density at radius 2 is 1.92 bits per heavy atom. The van der Waals surface area contributed by atoms with E-state index in [1.165, 1.54) is 4.90 Å². The summed E-state index contributed by atoms with van der Waals surface area (Å²) in [4.78, 5) is 26.2. The van der Waals surface area contributed by atoms with Crippen LogP contribution in [0.1, 0.15) is 39.7 Å². The number of hydrogen-bond donors (Lipinski definition) is 1. The lowest BCUT2D eigenvalue weighted by Gasteiger charge is -2.34. The van der Waals surface area contributed by atoms with Gasteiger partial charge < -0.3 is 14.6 Å². The number of carbonyl (C=O) groups is 2. The molecule has 24 heavy (non-hydrogen) atoms. The van der Waals surface area contributed by atoms with Crippen LogP contribution in [0.25, 0.3) is 0 Å². The number of aliphatic hydroxyl groups excluding tert-OH is 1. The second-order valence-corrected chi connectivity index (χ2v) is 7.28. The lowest BCUT2D eigenvalue weighted by Crippen LogP contribution is -2.52. The van der Waals surface area contributed by atoms with Crippen LogP contribution >= 0.6 is 0 Å². The standard InChI is InChI=1S/C18H25NO5/c1-17(2,3)24-16(22)19-11-14(20)10-18(19,4)15(21)23-12-13-8-6-5-7-9-13/h5-9,14,20H,10-12H2,1-4H3/t14-,18?/m0/s1. The molecule has 1 heterocycles. The van der Waals surface area contributed by atoms with Crippen molar-refractivity contribution < 1.29 is 24.2 Å². The molecule has 6 heteroatoms. The highest BCUT2D eigenvalue weighted by molar-refractivity contribution is 5.86. The molecule has 2 rings (SSSR count). The number of amides is 1. The lowest BCUT2D eigenvalue weighted by atomic mass is 9.98. The minimum atomic E-state index is -1.24. The van der Waals surface area contributed by atoms with E-state index in [0.717, 1.165) is 5.56 Å².